The molecule has 1 N–H and O–H groups in total. The van der Waals surface area contributed by atoms with Gasteiger partial charge in [-0.25, -0.2) is 9.97 Å². The van der Waals surface area contributed by atoms with Gasteiger partial charge >= 0.3 is 0 Å². The van der Waals surface area contributed by atoms with Gasteiger partial charge in [0.15, 0.2) is 0 Å². The van der Waals surface area contributed by atoms with Gasteiger partial charge in [0.2, 0.25) is 11.9 Å². The van der Waals surface area contributed by atoms with E-state index in [1.165, 1.54) is 0 Å². The van der Waals surface area contributed by atoms with Crippen LogP contribution in [0.15, 0.2) is 48.9 Å². The highest BCUT2D eigenvalue weighted by molar-refractivity contribution is 5.99. The van der Waals surface area contributed by atoms with Gasteiger partial charge in [0.1, 0.15) is 0 Å². The fourth-order valence-electron chi connectivity index (χ4n) is 4.28. The molecule has 3 aromatic rings. The molecule has 0 spiro atoms. The van der Waals surface area contributed by atoms with Crippen LogP contribution in [0.3, 0.4) is 0 Å². The van der Waals surface area contributed by atoms with Crippen LogP contribution in [0.1, 0.15) is 29.6 Å². The summed E-state index contributed by atoms with van der Waals surface area (Å²) in [6, 6.07) is 9.16. The summed E-state index contributed by atoms with van der Waals surface area (Å²) in [5.41, 5.74) is 3.12. The summed E-state index contributed by atoms with van der Waals surface area (Å²) in [6.45, 7) is 2.12. The highest BCUT2D eigenvalue weighted by Crippen LogP contribution is 2.23. The monoisotopic (exact) mass is 431 g/mol. The number of nitrogens with one attached hydrogen (secondary N) is 1. The molecule has 1 unspecified atom stereocenters. The van der Waals surface area contributed by atoms with Gasteiger partial charge in [0.25, 0.3) is 5.91 Å². The summed E-state index contributed by atoms with van der Waals surface area (Å²) >= 11 is 0. The molecule has 5 rings (SSSR count). The minimum absolute atomic E-state index is 0.00484. The second kappa shape index (κ2) is 8.41. The third kappa shape index (κ3) is 4.05. The predicted octanol–water partition coefficient (Wildman–Crippen LogP) is 2.01. The molecule has 2 aliphatic rings. The van der Waals surface area contributed by atoms with E-state index >= 15 is 0 Å². The summed E-state index contributed by atoms with van der Waals surface area (Å²) in [5, 5.41) is 7.32. The van der Waals surface area contributed by atoms with E-state index in [0.29, 0.717) is 31.0 Å². The molecule has 0 bridgehead atoms. The lowest BCUT2D eigenvalue weighted by Crippen LogP contribution is -2.37. The van der Waals surface area contributed by atoms with E-state index in [1.807, 2.05) is 31.4 Å². The molecule has 1 atom stereocenters. The lowest BCUT2D eigenvalue weighted by Gasteiger charge is -2.18. The standard InChI is InChI=1S/C23H25N7O2/c1-28-14-17(13-25-28)20-7-9-24-23(27-20)29-11-8-18(15-29)26-22(32)16-4-2-5-19(12-16)30-10-3-6-21(30)31/h2,4-5,7,9,12-14,18H,3,6,8,10-11,15H2,1H3,(H,26,32). The van der Waals surface area contributed by atoms with E-state index in [-0.39, 0.29) is 17.9 Å². The summed E-state index contributed by atoms with van der Waals surface area (Å²) in [6.07, 6.45) is 7.69. The van der Waals surface area contributed by atoms with Crippen LogP contribution in [0, 0.1) is 0 Å². The van der Waals surface area contributed by atoms with E-state index in [9.17, 15) is 9.59 Å². The molecule has 2 fully saturated rings. The van der Waals surface area contributed by atoms with Crippen molar-refractivity contribution in [3.8, 4) is 11.3 Å². The zero-order valence-electron chi connectivity index (χ0n) is 17.9. The van der Waals surface area contributed by atoms with Crippen LogP contribution < -0.4 is 15.1 Å². The Bertz CT molecular complexity index is 1160. The zero-order chi connectivity index (χ0) is 22.1. The van der Waals surface area contributed by atoms with E-state index in [0.717, 1.165) is 36.3 Å². The Balaban J connectivity index is 1.24. The van der Waals surface area contributed by atoms with Crippen LogP contribution in [0.4, 0.5) is 11.6 Å². The van der Waals surface area contributed by atoms with Gasteiger partial charge in [0, 0.05) is 68.4 Å². The van der Waals surface area contributed by atoms with Crippen molar-refractivity contribution in [1.29, 1.82) is 0 Å². The lowest BCUT2D eigenvalue weighted by atomic mass is 10.1. The summed E-state index contributed by atoms with van der Waals surface area (Å²) in [4.78, 5) is 37.8. The molecule has 9 nitrogen and oxygen atoms in total. The van der Waals surface area contributed by atoms with Gasteiger partial charge in [-0.05, 0) is 37.1 Å². The Morgan fingerprint density at radius 3 is 2.91 bits per heavy atom. The Labute approximate surface area is 186 Å². The maximum atomic E-state index is 12.9. The van der Waals surface area contributed by atoms with Crippen LogP contribution in [0.25, 0.3) is 11.3 Å². The second-order valence-corrected chi connectivity index (χ2v) is 8.25. The number of rotatable bonds is 5. The number of carbonyl (C=O) groups is 2. The Morgan fingerprint density at radius 1 is 1.22 bits per heavy atom. The maximum Gasteiger partial charge on any atom is 0.251 e. The van der Waals surface area contributed by atoms with Gasteiger partial charge < -0.3 is 15.1 Å². The van der Waals surface area contributed by atoms with Crippen molar-refractivity contribution in [3.63, 3.8) is 0 Å². The quantitative estimate of drug-likeness (QED) is 0.664. The number of carbonyl (C=O) groups excluding carboxylic acids is 2. The zero-order valence-corrected chi connectivity index (χ0v) is 17.9. The van der Waals surface area contributed by atoms with E-state index in [1.54, 1.807) is 34.1 Å². The minimum atomic E-state index is -0.129. The molecule has 32 heavy (non-hydrogen) atoms. The fourth-order valence-corrected chi connectivity index (χ4v) is 4.28. The van der Waals surface area contributed by atoms with E-state index in [2.05, 4.69) is 25.3 Å². The van der Waals surface area contributed by atoms with E-state index < -0.39 is 0 Å². The first-order chi connectivity index (χ1) is 15.6. The summed E-state index contributed by atoms with van der Waals surface area (Å²) < 4.78 is 1.74. The Morgan fingerprint density at radius 2 is 2.12 bits per heavy atom. The molecular formula is C23H25N7O2. The summed E-state index contributed by atoms with van der Waals surface area (Å²) in [5.74, 6) is 0.635. The second-order valence-electron chi connectivity index (χ2n) is 8.25. The fraction of sp³-hybridized carbons (Fsp3) is 0.348. The number of hydrogen-bond donors (Lipinski definition) is 1. The third-order valence-corrected chi connectivity index (χ3v) is 5.94. The molecule has 2 aromatic heterocycles. The van der Waals surface area contributed by atoms with Crippen molar-refractivity contribution in [3.05, 3.63) is 54.5 Å². The van der Waals surface area contributed by atoms with Gasteiger partial charge in [-0.2, -0.15) is 5.10 Å². The average molecular weight is 432 g/mol. The third-order valence-electron chi connectivity index (χ3n) is 5.94. The first-order valence-electron chi connectivity index (χ1n) is 10.8. The largest absolute Gasteiger partial charge is 0.347 e. The molecular weight excluding hydrogens is 406 g/mol. The molecule has 0 radical (unpaired) electrons. The molecule has 2 aliphatic heterocycles. The Kier molecular flexibility index (Phi) is 5.30. The molecule has 0 saturated carbocycles. The van der Waals surface area contributed by atoms with Crippen LogP contribution >= 0.6 is 0 Å². The van der Waals surface area contributed by atoms with E-state index in [4.69, 9.17) is 0 Å². The normalized spacial score (nSPS) is 18.4. The molecule has 2 amide bonds. The maximum absolute atomic E-state index is 12.9. The lowest BCUT2D eigenvalue weighted by molar-refractivity contribution is -0.117. The highest BCUT2D eigenvalue weighted by atomic mass is 16.2. The number of benzene rings is 1. The average Bonchev–Trinajstić information content (AvgIpc) is 3.55. The number of hydrogen-bond acceptors (Lipinski definition) is 6. The number of aromatic nitrogens is 4. The first kappa shape index (κ1) is 20.2. The molecule has 164 valence electrons. The van der Waals surface area contributed by atoms with Crippen molar-refractivity contribution in [2.24, 2.45) is 7.05 Å². The van der Waals surface area contributed by atoms with Crippen molar-refractivity contribution in [2.45, 2.75) is 25.3 Å². The molecule has 9 heteroatoms. The topological polar surface area (TPSA) is 96.2 Å². The van der Waals surface area contributed by atoms with Gasteiger partial charge in [0.05, 0.1) is 11.9 Å². The Hall–Kier alpha value is -3.75. The van der Waals surface area contributed by atoms with Crippen LogP contribution in [0.5, 0.6) is 0 Å². The van der Waals surface area contributed by atoms with Crippen LogP contribution in [-0.2, 0) is 11.8 Å². The first-order valence-corrected chi connectivity index (χ1v) is 10.8. The minimum Gasteiger partial charge on any atom is -0.347 e. The van der Waals surface area contributed by atoms with Crippen LogP contribution in [0.2, 0.25) is 0 Å². The van der Waals surface area contributed by atoms with Gasteiger partial charge in [-0.15, -0.1) is 0 Å². The smallest absolute Gasteiger partial charge is 0.251 e. The van der Waals surface area contributed by atoms with Gasteiger partial charge in [-0.1, -0.05) is 6.07 Å². The number of aryl methyl sites for hydroxylation is 1. The molecule has 2 saturated heterocycles. The number of nitrogens with zero attached hydrogens (tertiary/aromatic N) is 6. The number of anilines is 2. The predicted molar refractivity (Wildman–Crippen MR) is 120 cm³/mol. The highest BCUT2D eigenvalue weighted by Gasteiger charge is 2.27. The SMILES string of the molecule is Cn1cc(-c2ccnc(N3CCC(NC(=O)c4cccc(N5CCCC5=O)c4)C3)n2)cn1. The molecule has 1 aromatic carbocycles. The molecule has 4 heterocycles. The van der Waals surface area contributed by atoms with Crippen molar-refractivity contribution < 1.29 is 9.59 Å². The summed E-state index contributed by atoms with van der Waals surface area (Å²) in [7, 11) is 1.87. The van der Waals surface area contributed by atoms with Crippen LogP contribution in [-0.4, -0.2) is 57.2 Å². The van der Waals surface area contributed by atoms with Gasteiger partial charge in [-0.3, -0.25) is 14.3 Å². The van der Waals surface area contributed by atoms with Crippen molar-refractivity contribution in [2.75, 3.05) is 29.4 Å². The molecule has 0 aliphatic carbocycles. The van der Waals surface area contributed by atoms with Crippen molar-refractivity contribution >= 4 is 23.5 Å². The number of amides is 2. The van der Waals surface area contributed by atoms with Crippen molar-refractivity contribution in [1.82, 2.24) is 25.1 Å².